The van der Waals surface area contributed by atoms with Crippen molar-refractivity contribution in [3.05, 3.63) is 86.3 Å². The molecule has 2 aromatic carbocycles. The number of allylic oxidation sites excluding steroid dienone is 2. The van der Waals surface area contributed by atoms with Gasteiger partial charge >= 0.3 is 0 Å². The van der Waals surface area contributed by atoms with Gasteiger partial charge in [0.15, 0.2) is 5.78 Å². The van der Waals surface area contributed by atoms with Crippen LogP contribution in [0.2, 0.25) is 5.02 Å². The number of benzene rings is 2. The first-order chi connectivity index (χ1) is 14.0. The highest BCUT2D eigenvalue weighted by Crippen LogP contribution is 2.46. The van der Waals surface area contributed by atoms with Gasteiger partial charge in [0, 0.05) is 28.3 Å². The van der Waals surface area contributed by atoms with E-state index in [9.17, 15) is 14.7 Å². The second-order valence-electron chi connectivity index (χ2n) is 7.31. The van der Waals surface area contributed by atoms with E-state index in [1.54, 1.807) is 12.1 Å². The van der Waals surface area contributed by atoms with Crippen molar-refractivity contribution in [3.63, 3.8) is 0 Å². The molecule has 0 unspecified atom stereocenters. The van der Waals surface area contributed by atoms with E-state index in [1.807, 2.05) is 30.3 Å². The normalized spacial score (nSPS) is 18.2. The van der Waals surface area contributed by atoms with E-state index in [2.05, 4.69) is 10.4 Å². The van der Waals surface area contributed by atoms with Gasteiger partial charge in [0.1, 0.15) is 11.6 Å². The number of fused-ring (bicyclic) bond motifs is 1. The molecule has 1 aromatic heterocycles. The van der Waals surface area contributed by atoms with Crippen molar-refractivity contribution >= 4 is 23.2 Å². The van der Waals surface area contributed by atoms with E-state index >= 15 is 0 Å². The summed E-state index contributed by atoms with van der Waals surface area (Å²) in [6, 6.07) is 13.9. The van der Waals surface area contributed by atoms with Crippen LogP contribution in [0.3, 0.4) is 0 Å². The van der Waals surface area contributed by atoms with Crippen LogP contribution in [0.25, 0.3) is 5.69 Å². The summed E-state index contributed by atoms with van der Waals surface area (Å²) in [7, 11) is 0. The topological polar surface area (TPSA) is 87.1 Å². The predicted molar refractivity (Wildman–Crippen MR) is 111 cm³/mol. The molecule has 3 aromatic rings. The summed E-state index contributed by atoms with van der Waals surface area (Å²) in [4.78, 5) is 26.3. The van der Waals surface area contributed by atoms with Gasteiger partial charge in [-0.3, -0.25) is 14.7 Å². The Balaban J connectivity index is 1.79. The maximum atomic E-state index is 13.4. The number of ketones is 1. The smallest absolute Gasteiger partial charge is 0.277 e. The Morgan fingerprint density at radius 3 is 2.66 bits per heavy atom. The van der Waals surface area contributed by atoms with Gasteiger partial charge in [-0.05, 0) is 43.2 Å². The van der Waals surface area contributed by atoms with Gasteiger partial charge in [-0.2, -0.15) is 0 Å². The number of carbonyl (C=O) groups excluding carboxylic acids is 1. The average molecular weight is 408 g/mol. The predicted octanol–water partition coefficient (Wildman–Crippen LogP) is 4.09. The Bertz CT molecular complexity index is 1220. The molecule has 6 nitrogen and oxygen atoms in total. The van der Waals surface area contributed by atoms with Crippen LogP contribution >= 0.6 is 11.6 Å². The second kappa shape index (κ2) is 6.67. The summed E-state index contributed by atoms with van der Waals surface area (Å²) in [6.45, 7) is 0. The highest BCUT2D eigenvalue weighted by Gasteiger charge is 2.39. The minimum Gasteiger partial charge on any atom is -0.508 e. The van der Waals surface area contributed by atoms with Crippen LogP contribution in [0.4, 0.5) is 5.82 Å². The molecule has 146 valence electrons. The molecule has 29 heavy (non-hydrogen) atoms. The number of halogens is 1. The molecule has 0 radical (unpaired) electrons. The van der Waals surface area contributed by atoms with Gasteiger partial charge in [-0.25, -0.2) is 4.68 Å². The third-order valence-electron chi connectivity index (χ3n) is 5.55. The van der Waals surface area contributed by atoms with Gasteiger partial charge < -0.3 is 10.4 Å². The SMILES string of the molecule is O=C1CCCC2=C1[C@@H](c1cc(Cl)ccc1O)c1c([nH]n(-c3ccccc3)c1=O)N2. The molecule has 2 heterocycles. The highest BCUT2D eigenvalue weighted by atomic mass is 35.5. The standard InChI is InChI=1S/C22H18ClN3O3/c23-12-9-10-16(27)14(11-12)18-19-15(7-4-8-17(19)28)24-21-20(18)22(29)26(25-21)13-5-2-1-3-6-13/h1-3,5-6,9-11,18,24-25,27H,4,7-8H2/t18-/m1/s1. The van der Waals surface area contributed by atoms with Crippen LogP contribution < -0.4 is 10.9 Å². The molecular formula is C22H18ClN3O3. The number of anilines is 1. The molecule has 5 rings (SSSR count). The number of rotatable bonds is 2. The van der Waals surface area contributed by atoms with E-state index < -0.39 is 5.92 Å². The van der Waals surface area contributed by atoms with Crippen molar-refractivity contribution < 1.29 is 9.90 Å². The zero-order valence-corrected chi connectivity index (χ0v) is 16.2. The Morgan fingerprint density at radius 2 is 1.86 bits per heavy atom. The number of H-pyrrole nitrogens is 1. The summed E-state index contributed by atoms with van der Waals surface area (Å²) in [5.41, 5.74) is 2.61. The first-order valence-corrected chi connectivity index (χ1v) is 9.84. The van der Waals surface area contributed by atoms with Gasteiger partial charge in [0.25, 0.3) is 5.56 Å². The Hall–Kier alpha value is -3.25. The highest BCUT2D eigenvalue weighted by molar-refractivity contribution is 6.30. The number of hydrogen-bond donors (Lipinski definition) is 3. The zero-order valence-electron chi connectivity index (χ0n) is 15.4. The van der Waals surface area contributed by atoms with Crippen molar-refractivity contribution in [2.24, 2.45) is 0 Å². The molecule has 0 bridgehead atoms. The number of aromatic hydroxyl groups is 1. The van der Waals surface area contributed by atoms with E-state index in [0.29, 0.717) is 46.1 Å². The second-order valence-corrected chi connectivity index (χ2v) is 7.74. The van der Waals surface area contributed by atoms with Crippen LogP contribution in [0.5, 0.6) is 5.75 Å². The minimum absolute atomic E-state index is 0.00401. The first-order valence-electron chi connectivity index (χ1n) is 9.46. The van der Waals surface area contributed by atoms with E-state index in [1.165, 1.54) is 10.7 Å². The molecule has 0 fully saturated rings. The Morgan fingerprint density at radius 1 is 1.07 bits per heavy atom. The number of Topliss-reactive ketones (excluding diaryl/α,β-unsaturated/α-hetero) is 1. The molecule has 7 heteroatoms. The summed E-state index contributed by atoms with van der Waals surface area (Å²) in [5.74, 6) is -0.150. The Kier molecular flexibility index (Phi) is 4.10. The monoisotopic (exact) mass is 407 g/mol. The van der Waals surface area contributed by atoms with E-state index in [4.69, 9.17) is 11.6 Å². The van der Waals surface area contributed by atoms with Gasteiger partial charge in [-0.15, -0.1) is 0 Å². The summed E-state index contributed by atoms with van der Waals surface area (Å²) < 4.78 is 1.45. The van der Waals surface area contributed by atoms with Crippen LogP contribution in [-0.4, -0.2) is 20.7 Å². The van der Waals surface area contributed by atoms with E-state index in [-0.39, 0.29) is 17.1 Å². The maximum absolute atomic E-state index is 13.4. The van der Waals surface area contributed by atoms with Crippen molar-refractivity contribution in [2.45, 2.75) is 25.2 Å². The fourth-order valence-corrected chi connectivity index (χ4v) is 4.44. The van der Waals surface area contributed by atoms with E-state index in [0.717, 1.165) is 12.1 Å². The fourth-order valence-electron chi connectivity index (χ4n) is 4.26. The Labute approximate surface area is 171 Å². The molecule has 1 atom stereocenters. The van der Waals surface area contributed by atoms with Crippen molar-refractivity contribution in [2.75, 3.05) is 5.32 Å². The average Bonchev–Trinajstić information content (AvgIpc) is 3.05. The van der Waals surface area contributed by atoms with Crippen LogP contribution in [-0.2, 0) is 4.79 Å². The number of phenols is 1. The number of aromatic nitrogens is 2. The number of phenolic OH excluding ortho intramolecular Hbond substituents is 1. The lowest BCUT2D eigenvalue weighted by atomic mass is 9.76. The van der Waals surface area contributed by atoms with Gasteiger partial charge in [0.05, 0.1) is 17.2 Å². The van der Waals surface area contributed by atoms with Crippen molar-refractivity contribution in [1.82, 2.24) is 9.78 Å². The van der Waals surface area contributed by atoms with Crippen LogP contribution in [0, 0.1) is 0 Å². The molecule has 0 spiro atoms. The number of hydrogen-bond acceptors (Lipinski definition) is 4. The lowest BCUT2D eigenvalue weighted by Crippen LogP contribution is -2.30. The molecule has 3 N–H and O–H groups in total. The molecule has 0 amide bonds. The molecule has 0 saturated carbocycles. The lowest BCUT2D eigenvalue weighted by Gasteiger charge is -2.31. The lowest BCUT2D eigenvalue weighted by molar-refractivity contribution is -0.116. The zero-order chi connectivity index (χ0) is 20.1. The summed E-state index contributed by atoms with van der Waals surface area (Å²) >= 11 is 6.20. The number of carbonyl (C=O) groups is 1. The minimum atomic E-state index is -0.679. The molecule has 0 saturated heterocycles. The van der Waals surface area contributed by atoms with Crippen molar-refractivity contribution in [1.29, 1.82) is 0 Å². The number of para-hydroxylation sites is 1. The molecule has 2 aliphatic rings. The summed E-state index contributed by atoms with van der Waals surface area (Å²) in [6.07, 6.45) is 1.87. The molecular weight excluding hydrogens is 390 g/mol. The van der Waals surface area contributed by atoms with Crippen LogP contribution in [0.1, 0.15) is 36.3 Å². The van der Waals surface area contributed by atoms with Crippen molar-refractivity contribution in [3.8, 4) is 11.4 Å². The fraction of sp³-hybridized carbons (Fsp3) is 0.182. The third-order valence-corrected chi connectivity index (χ3v) is 5.79. The molecule has 1 aliphatic heterocycles. The van der Waals surface area contributed by atoms with Crippen LogP contribution in [0.15, 0.2) is 64.6 Å². The number of aromatic amines is 1. The third kappa shape index (κ3) is 2.79. The first kappa shape index (κ1) is 17.8. The molecule has 1 aliphatic carbocycles. The maximum Gasteiger partial charge on any atom is 0.277 e. The van der Waals surface area contributed by atoms with Gasteiger partial charge in [-0.1, -0.05) is 29.8 Å². The van der Waals surface area contributed by atoms with Gasteiger partial charge in [0.2, 0.25) is 0 Å². The summed E-state index contributed by atoms with van der Waals surface area (Å²) in [5, 5.41) is 17.4. The largest absolute Gasteiger partial charge is 0.508 e. The quantitative estimate of drug-likeness (QED) is 0.597. The number of nitrogens with one attached hydrogen (secondary N) is 2. The number of nitrogens with zero attached hydrogens (tertiary/aromatic N) is 1.